The first kappa shape index (κ1) is 8.05. The Morgan fingerprint density at radius 2 is 1.85 bits per heavy atom. The molecule has 1 heterocycles. The normalized spacial score (nSPS) is 10.6. The first-order chi connectivity index (χ1) is 6.18. The highest BCUT2D eigenvalue weighted by Gasteiger charge is 2.00. The second-order valence-electron chi connectivity index (χ2n) is 3.30. The van der Waals surface area contributed by atoms with Gasteiger partial charge in [-0.25, -0.2) is 0 Å². The van der Waals surface area contributed by atoms with Crippen LogP contribution in [-0.2, 0) is 0 Å². The fourth-order valence-electron chi connectivity index (χ4n) is 1.47. The minimum atomic E-state index is 0.832. The Bertz CT molecular complexity index is 461. The molecular weight excluding hydrogens is 160 g/mol. The molecule has 13 heavy (non-hydrogen) atoms. The number of nitrogen functional groups attached to an aromatic ring is 1. The molecule has 1 aromatic carbocycles. The number of nitrogens with two attached hydrogens (primary N) is 1. The van der Waals surface area contributed by atoms with Gasteiger partial charge in [0.05, 0.1) is 5.52 Å². The predicted molar refractivity (Wildman–Crippen MR) is 55.6 cm³/mol. The molecule has 2 rings (SSSR count). The molecular formula is C11H12N2. The molecule has 0 aliphatic rings. The number of rotatable bonds is 0. The maximum atomic E-state index is 5.80. The molecule has 0 atom stereocenters. The number of aromatic nitrogens is 1. The van der Waals surface area contributed by atoms with Crippen molar-refractivity contribution in [3.05, 3.63) is 35.5 Å². The van der Waals surface area contributed by atoms with Gasteiger partial charge in [0.15, 0.2) is 0 Å². The maximum Gasteiger partial charge on any atom is 0.0709 e. The van der Waals surface area contributed by atoms with Crippen molar-refractivity contribution in [2.75, 3.05) is 5.73 Å². The van der Waals surface area contributed by atoms with E-state index in [4.69, 9.17) is 5.73 Å². The summed E-state index contributed by atoms with van der Waals surface area (Å²) >= 11 is 0. The summed E-state index contributed by atoms with van der Waals surface area (Å²) in [5.41, 5.74) is 9.80. The number of pyridine rings is 1. The van der Waals surface area contributed by atoms with Crippen molar-refractivity contribution < 1.29 is 0 Å². The third kappa shape index (κ3) is 1.24. The summed E-state index contributed by atoms with van der Waals surface area (Å²) in [6, 6.07) is 7.95. The van der Waals surface area contributed by atoms with Crippen molar-refractivity contribution in [1.82, 2.24) is 4.98 Å². The summed E-state index contributed by atoms with van der Waals surface area (Å²) in [7, 11) is 0. The van der Waals surface area contributed by atoms with E-state index in [9.17, 15) is 0 Å². The van der Waals surface area contributed by atoms with Crippen LogP contribution in [0.25, 0.3) is 10.9 Å². The summed E-state index contributed by atoms with van der Waals surface area (Å²) in [6.07, 6.45) is 0. The van der Waals surface area contributed by atoms with Crippen LogP contribution >= 0.6 is 0 Å². The lowest BCUT2D eigenvalue weighted by atomic mass is 10.1. The van der Waals surface area contributed by atoms with E-state index in [1.54, 1.807) is 0 Å². The lowest BCUT2D eigenvalue weighted by molar-refractivity contribution is 1.25. The third-order valence-electron chi connectivity index (χ3n) is 2.32. The number of fused-ring (bicyclic) bond motifs is 1. The van der Waals surface area contributed by atoms with E-state index >= 15 is 0 Å². The van der Waals surface area contributed by atoms with Gasteiger partial charge >= 0.3 is 0 Å². The molecule has 0 aliphatic carbocycles. The molecule has 0 bridgehead atoms. The van der Waals surface area contributed by atoms with Crippen molar-refractivity contribution in [2.24, 2.45) is 0 Å². The van der Waals surface area contributed by atoms with Crippen LogP contribution < -0.4 is 5.73 Å². The zero-order chi connectivity index (χ0) is 9.42. The molecule has 0 radical (unpaired) electrons. The van der Waals surface area contributed by atoms with Gasteiger partial charge in [-0.15, -0.1) is 0 Å². The van der Waals surface area contributed by atoms with Crippen molar-refractivity contribution >= 4 is 16.6 Å². The van der Waals surface area contributed by atoms with Gasteiger partial charge in [0.2, 0.25) is 0 Å². The molecule has 0 aliphatic heterocycles. The Labute approximate surface area is 77.4 Å². The van der Waals surface area contributed by atoms with Crippen LogP contribution in [0, 0.1) is 13.8 Å². The van der Waals surface area contributed by atoms with Crippen LogP contribution in [0.2, 0.25) is 0 Å². The largest absolute Gasteiger partial charge is 0.398 e. The van der Waals surface area contributed by atoms with Crippen molar-refractivity contribution in [1.29, 1.82) is 0 Å². The monoisotopic (exact) mass is 172 g/mol. The van der Waals surface area contributed by atoms with Crippen LogP contribution in [0.15, 0.2) is 24.3 Å². The van der Waals surface area contributed by atoms with Gasteiger partial charge < -0.3 is 5.73 Å². The zero-order valence-electron chi connectivity index (χ0n) is 7.83. The number of hydrogen-bond acceptors (Lipinski definition) is 2. The van der Waals surface area contributed by atoms with Crippen LogP contribution in [0.5, 0.6) is 0 Å². The van der Waals surface area contributed by atoms with E-state index < -0.39 is 0 Å². The highest BCUT2D eigenvalue weighted by molar-refractivity contribution is 5.86. The molecule has 2 heteroatoms. The van der Waals surface area contributed by atoms with Gasteiger partial charge in [0, 0.05) is 16.8 Å². The van der Waals surface area contributed by atoms with Crippen molar-refractivity contribution in [3.8, 4) is 0 Å². The van der Waals surface area contributed by atoms with Crippen molar-refractivity contribution in [2.45, 2.75) is 13.8 Å². The van der Waals surface area contributed by atoms with Gasteiger partial charge in [0.25, 0.3) is 0 Å². The SMILES string of the molecule is Cc1ccc2c(C)c(N)ccc2n1. The highest BCUT2D eigenvalue weighted by Crippen LogP contribution is 2.21. The average Bonchev–Trinajstić information content (AvgIpc) is 2.12. The van der Waals surface area contributed by atoms with Gasteiger partial charge in [0.1, 0.15) is 0 Å². The van der Waals surface area contributed by atoms with E-state index in [1.807, 2.05) is 32.0 Å². The van der Waals surface area contributed by atoms with Gasteiger partial charge in [-0.1, -0.05) is 6.07 Å². The molecule has 0 fully saturated rings. The van der Waals surface area contributed by atoms with E-state index in [0.29, 0.717) is 0 Å². The average molecular weight is 172 g/mol. The second-order valence-corrected chi connectivity index (χ2v) is 3.30. The molecule has 0 amide bonds. The topological polar surface area (TPSA) is 38.9 Å². The van der Waals surface area contributed by atoms with Crippen LogP contribution in [-0.4, -0.2) is 4.98 Å². The summed E-state index contributed by atoms with van der Waals surface area (Å²) in [5.74, 6) is 0. The summed E-state index contributed by atoms with van der Waals surface area (Å²) in [6.45, 7) is 4.01. The van der Waals surface area contributed by atoms with Gasteiger partial charge in [-0.2, -0.15) is 0 Å². The summed E-state index contributed by atoms with van der Waals surface area (Å²) in [4.78, 5) is 4.42. The summed E-state index contributed by atoms with van der Waals surface area (Å²) in [5, 5.41) is 1.14. The number of anilines is 1. The molecule has 2 N–H and O–H groups in total. The van der Waals surface area contributed by atoms with E-state index in [0.717, 1.165) is 27.8 Å². The molecule has 0 spiro atoms. The molecule has 66 valence electrons. The molecule has 1 aromatic heterocycles. The first-order valence-electron chi connectivity index (χ1n) is 4.31. The highest BCUT2D eigenvalue weighted by atomic mass is 14.7. The molecule has 2 aromatic rings. The van der Waals surface area contributed by atoms with Crippen LogP contribution in [0.4, 0.5) is 5.69 Å². The maximum absolute atomic E-state index is 5.80. The lowest BCUT2D eigenvalue weighted by Gasteiger charge is -2.04. The number of aryl methyl sites for hydroxylation is 2. The van der Waals surface area contributed by atoms with Gasteiger partial charge in [-0.05, 0) is 37.6 Å². The lowest BCUT2D eigenvalue weighted by Crippen LogP contribution is -1.92. The van der Waals surface area contributed by atoms with Crippen LogP contribution in [0.3, 0.4) is 0 Å². The number of nitrogens with zero attached hydrogens (tertiary/aromatic N) is 1. The summed E-state index contributed by atoms with van der Waals surface area (Å²) < 4.78 is 0. The Balaban J connectivity index is 2.87. The van der Waals surface area contributed by atoms with Gasteiger partial charge in [-0.3, -0.25) is 4.98 Å². The minimum Gasteiger partial charge on any atom is -0.398 e. The second kappa shape index (κ2) is 2.73. The minimum absolute atomic E-state index is 0.832. The number of benzene rings is 1. The van der Waals surface area contributed by atoms with Crippen LogP contribution in [0.1, 0.15) is 11.3 Å². The third-order valence-corrected chi connectivity index (χ3v) is 2.32. The Kier molecular flexibility index (Phi) is 1.69. The van der Waals surface area contributed by atoms with E-state index in [-0.39, 0.29) is 0 Å². The predicted octanol–water partition coefficient (Wildman–Crippen LogP) is 2.43. The first-order valence-corrected chi connectivity index (χ1v) is 4.31. The number of hydrogen-bond donors (Lipinski definition) is 1. The fraction of sp³-hybridized carbons (Fsp3) is 0.182. The van der Waals surface area contributed by atoms with Crippen molar-refractivity contribution in [3.63, 3.8) is 0 Å². The molecule has 0 unspecified atom stereocenters. The quantitative estimate of drug-likeness (QED) is 0.620. The molecule has 0 saturated heterocycles. The zero-order valence-corrected chi connectivity index (χ0v) is 7.83. The molecule has 0 saturated carbocycles. The van der Waals surface area contributed by atoms with E-state index in [1.165, 1.54) is 0 Å². The smallest absolute Gasteiger partial charge is 0.0709 e. The van der Waals surface area contributed by atoms with E-state index in [2.05, 4.69) is 11.1 Å². The fourth-order valence-corrected chi connectivity index (χ4v) is 1.47. The Morgan fingerprint density at radius 1 is 1.08 bits per heavy atom. The Hall–Kier alpha value is -1.57. The Morgan fingerprint density at radius 3 is 2.62 bits per heavy atom. The molecule has 2 nitrogen and oxygen atoms in total. The standard InChI is InChI=1S/C11H12N2/c1-7-3-4-9-8(2)10(12)5-6-11(9)13-7/h3-6H,12H2,1-2H3.